The Kier molecular flexibility index (Phi) is 5.27. The predicted octanol–water partition coefficient (Wildman–Crippen LogP) is 4.33. The minimum atomic E-state index is 0.379. The van der Waals surface area contributed by atoms with Crippen molar-refractivity contribution in [2.75, 3.05) is 13.1 Å². The van der Waals surface area contributed by atoms with E-state index in [1.807, 2.05) is 0 Å². The minimum Gasteiger partial charge on any atom is -0.326 e. The van der Waals surface area contributed by atoms with Crippen molar-refractivity contribution in [2.45, 2.75) is 95.6 Å². The van der Waals surface area contributed by atoms with E-state index in [-0.39, 0.29) is 0 Å². The Morgan fingerprint density at radius 3 is 2.14 bits per heavy atom. The van der Waals surface area contributed by atoms with E-state index in [9.17, 15) is 0 Å². The van der Waals surface area contributed by atoms with Crippen LogP contribution in [0.3, 0.4) is 0 Å². The van der Waals surface area contributed by atoms with Crippen LogP contribution < -0.4 is 5.73 Å². The Morgan fingerprint density at radius 2 is 1.57 bits per heavy atom. The lowest BCUT2D eigenvalue weighted by molar-refractivity contribution is 0.0211. The Labute approximate surface area is 131 Å². The molecule has 0 spiro atoms. The Morgan fingerprint density at radius 1 is 0.952 bits per heavy atom. The van der Waals surface area contributed by atoms with E-state index in [1.54, 1.807) is 0 Å². The topological polar surface area (TPSA) is 29.3 Å². The molecule has 2 saturated carbocycles. The van der Waals surface area contributed by atoms with Crippen LogP contribution in [0.4, 0.5) is 0 Å². The van der Waals surface area contributed by atoms with Gasteiger partial charge in [-0.3, -0.25) is 4.90 Å². The molecule has 0 bridgehead atoms. The monoisotopic (exact) mass is 292 g/mol. The molecule has 0 aromatic heterocycles. The van der Waals surface area contributed by atoms with Gasteiger partial charge in [0, 0.05) is 11.6 Å². The van der Waals surface area contributed by atoms with Gasteiger partial charge in [-0.15, -0.1) is 0 Å². The van der Waals surface area contributed by atoms with Crippen LogP contribution in [0.2, 0.25) is 0 Å². The fourth-order valence-electron chi connectivity index (χ4n) is 5.58. The summed E-state index contributed by atoms with van der Waals surface area (Å²) in [6.07, 6.45) is 16.9. The molecule has 1 heterocycles. The zero-order valence-electron chi connectivity index (χ0n) is 14.2. The van der Waals surface area contributed by atoms with Gasteiger partial charge < -0.3 is 5.73 Å². The molecule has 0 radical (unpaired) electrons. The van der Waals surface area contributed by atoms with Crippen LogP contribution in [0, 0.1) is 11.8 Å². The van der Waals surface area contributed by atoms with E-state index in [1.165, 1.54) is 90.1 Å². The molecule has 2 N–H and O–H groups in total. The van der Waals surface area contributed by atoms with Crippen LogP contribution in [0.25, 0.3) is 0 Å². The van der Waals surface area contributed by atoms with Crippen molar-refractivity contribution < 1.29 is 0 Å². The molecule has 0 amide bonds. The van der Waals surface area contributed by atoms with Crippen LogP contribution in [-0.4, -0.2) is 29.6 Å². The van der Waals surface area contributed by atoms with Gasteiger partial charge in [-0.05, 0) is 63.5 Å². The highest BCUT2D eigenvalue weighted by Gasteiger charge is 2.47. The summed E-state index contributed by atoms with van der Waals surface area (Å²) in [6, 6.07) is 0.441. The largest absolute Gasteiger partial charge is 0.326 e. The normalized spacial score (nSPS) is 35.7. The number of likely N-dealkylation sites (tertiary alicyclic amines) is 1. The fraction of sp³-hybridized carbons (Fsp3) is 1.00. The second-order valence-corrected chi connectivity index (χ2v) is 8.07. The predicted molar refractivity (Wildman–Crippen MR) is 90.3 cm³/mol. The first kappa shape index (κ1) is 15.8. The molecule has 3 fully saturated rings. The third-order valence-corrected chi connectivity index (χ3v) is 7.05. The molecule has 1 saturated heterocycles. The van der Waals surface area contributed by atoms with Crippen molar-refractivity contribution in [2.24, 2.45) is 17.6 Å². The third-order valence-electron chi connectivity index (χ3n) is 7.05. The van der Waals surface area contributed by atoms with Crippen molar-refractivity contribution >= 4 is 0 Å². The van der Waals surface area contributed by atoms with E-state index in [4.69, 9.17) is 5.73 Å². The SMILES string of the molecule is CCC1CCC(C(N)C2(N3CCCCC3)CCCC2)CC1. The zero-order valence-corrected chi connectivity index (χ0v) is 14.2. The molecule has 3 aliphatic rings. The summed E-state index contributed by atoms with van der Waals surface area (Å²) < 4.78 is 0. The van der Waals surface area contributed by atoms with Gasteiger partial charge in [0.05, 0.1) is 0 Å². The summed E-state index contributed by atoms with van der Waals surface area (Å²) in [4.78, 5) is 2.83. The summed E-state index contributed by atoms with van der Waals surface area (Å²) in [5.41, 5.74) is 7.34. The standard InChI is InChI=1S/C19H36N2/c1-2-16-8-10-17(11-9-16)18(20)19(12-4-5-13-19)21-14-6-3-7-15-21/h16-18H,2-15,20H2,1H3. The van der Waals surface area contributed by atoms with Crippen LogP contribution in [0.1, 0.15) is 84.0 Å². The van der Waals surface area contributed by atoms with E-state index in [0.717, 1.165) is 11.8 Å². The van der Waals surface area contributed by atoms with Crippen molar-refractivity contribution in [1.29, 1.82) is 0 Å². The highest BCUT2D eigenvalue weighted by atomic mass is 15.2. The van der Waals surface area contributed by atoms with Gasteiger partial charge in [0.2, 0.25) is 0 Å². The van der Waals surface area contributed by atoms with Gasteiger partial charge in [0.1, 0.15) is 0 Å². The molecule has 0 aromatic rings. The maximum atomic E-state index is 6.96. The summed E-state index contributed by atoms with van der Waals surface area (Å²) in [5, 5.41) is 0. The van der Waals surface area contributed by atoms with Crippen molar-refractivity contribution in [3.63, 3.8) is 0 Å². The van der Waals surface area contributed by atoms with Crippen molar-refractivity contribution in [1.82, 2.24) is 4.90 Å². The van der Waals surface area contributed by atoms with Gasteiger partial charge >= 0.3 is 0 Å². The molecule has 1 atom stereocenters. The minimum absolute atomic E-state index is 0.379. The van der Waals surface area contributed by atoms with Gasteiger partial charge in [-0.2, -0.15) is 0 Å². The summed E-state index contributed by atoms with van der Waals surface area (Å²) in [7, 11) is 0. The average Bonchev–Trinajstić information content (AvgIpc) is 3.06. The van der Waals surface area contributed by atoms with Gasteiger partial charge in [-0.25, -0.2) is 0 Å². The van der Waals surface area contributed by atoms with Gasteiger partial charge in [-0.1, -0.05) is 45.4 Å². The number of nitrogens with zero attached hydrogens (tertiary/aromatic N) is 1. The number of rotatable bonds is 4. The smallest absolute Gasteiger partial charge is 0.0363 e. The average molecular weight is 293 g/mol. The number of hydrogen-bond donors (Lipinski definition) is 1. The first-order valence-electron chi connectivity index (χ1n) is 9.77. The second-order valence-electron chi connectivity index (χ2n) is 8.07. The molecule has 3 rings (SSSR count). The van der Waals surface area contributed by atoms with Crippen LogP contribution in [0.15, 0.2) is 0 Å². The second kappa shape index (κ2) is 7.00. The van der Waals surface area contributed by atoms with Gasteiger partial charge in [0.25, 0.3) is 0 Å². The van der Waals surface area contributed by atoms with Crippen molar-refractivity contribution in [3.05, 3.63) is 0 Å². The first-order valence-corrected chi connectivity index (χ1v) is 9.77. The molecular weight excluding hydrogens is 256 g/mol. The quantitative estimate of drug-likeness (QED) is 0.835. The zero-order chi connectivity index (χ0) is 14.7. The van der Waals surface area contributed by atoms with E-state index in [2.05, 4.69) is 11.8 Å². The molecule has 1 aliphatic heterocycles. The maximum Gasteiger partial charge on any atom is 0.0363 e. The Hall–Kier alpha value is -0.0800. The molecule has 0 aromatic carbocycles. The van der Waals surface area contributed by atoms with E-state index in [0.29, 0.717) is 11.6 Å². The Balaban J connectivity index is 1.68. The maximum absolute atomic E-state index is 6.96. The van der Waals surface area contributed by atoms with Crippen molar-refractivity contribution in [3.8, 4) is 0 Å². The molecule has 21 heavy (non-hydrogen) atoms. The van der Waals surface area contributed by atoms with Crippen LogP contribution in [-0.2, 0) is 0 Å². The molecule has 122 valence electrons. The lowest BCUT2D eigenvalue weighted by Gasteiger charge is -2.50. The molecule has 2 heteroatoms. The summed E-state index contributed by atoms with van der Waals surface area (Å²) in [5.74, 6) is 1.79. The van der Waals surface area contributed by atoms with Crippen LogP contribution in [0.5, 0.6) is 0 Å². The number of nitrogens with two attached hydrogens (primary N) is 1. The molecule has 1 unspecified atom stereocenters. The number of piperidine rings is 1. The Bertz CT molecular complexity index is 308. The fourth-order valence-corrected chi connectivity index (χ4v) is 5.58. The highest BCUT2D eigenvalue weighted by Crippen LogP contribution is 2.44. The number of hydrogen-bond acceptors (Lipinski definition) is 2. The third kappa shape index (κ3) is 3.17. The summed E-state index contributed by atoms with van der Waals surface area (Å²) in [6.45, 7) is 4.99. The molecule has 2 aliphatic carbocycles. The highest BCUT2D eigenvalue weighted by molar-refractivity contribution is 5.05. The summed E-state index contributed by atoms with van der Waals surface area (Å²) >= 11 is 0. The molecular formula is C19H36N2. The molecule has 2 nitrogen and oxygen atoms in total. The lowest BCUT2D eigenvalue weighted by atomic mass is 9.70. The van der Waals surface area contributed by atoms with E-state index >= 15 is 0 Å². The van der Waals surface area contributed by atoms with E-state index < -0.39 is 0 Å². The lowest BCUT2D eigenvalue weighted by Crippen LogP contribution is -2.62. The van der Waals surface area contributed by atoms with Crippen LogP contribution >= 0.6 is 0 Å². The van der Waals surface area contributed by atoms with Gasteiger partial charge in [0.15, 0.2) is 0 Å². The first-order chi connectivity index (χ1) is 10.3.